The van der Waals surface area contributed by atoms with Crippen molar-refractivity contribution in [2.75, 3.05) is 13.1 Å². The number of amides is 2. The molecule has 0 saturated heterocycles. The zero-order valence-electron chi connectivity index (χ0n) is 16.2. The molecule has 2 N–H and O–H groups in total. The van der Waals surface area contributed by atoms with Crippen LogP contribution in [0.25, 0.3) is 0 Å². The van der Waals surface area contributed by atoms with Crippen LogP contribution in [0.4, 0.5) is 0 Å². The quantitative estimate of drug-likeness (QED) is 0.784. The van der Waals surface area contributed by atoms with E-state index in [4.69, 9.17) is 11.6 Å². The lowest BCUT2D eigenvalue weighted by Gasteiger charge is -2.36. The van der Waals surface area contributed by atoms with E-state index in [-0.39, 0.29) is 17.9 Å². The van der Waals surface area contributed by atoms with Crippen LogP contribution in [0.1, 0.15) is 35.3 Å². The van der Waals surface area contributed by atoms with Crippen molar-refractivity contribution in [3.63, 3.8) is 0 Å². The molecule has 0 aromatic heterocycles. The van der Waals surface area contributed by atoms with E-state index in [1.54, 1.807) is 29.2 Å². The van der Waals surface area contributed by atoms with E-state index >= 15 is 0 Å². The van der Waals surface area contributed by atoms with E-state index in [2.05, 4.69) is 10.6 Å². The number of benzene rings is 2. The molecule has 148 valence electrons. The lowest BCUT2D eigenvalue weighted by molar-refractivity contribution is -0.126. The molecule has 2 aromatic rings. The Hall–Kier alpha value is -2.37. The van der Waals surface area contributed by atoms with Gasteiger partial charge in [-0.05, 0) is 36.7 Å². The molecule has 2 amide bonds. The topological polar surface area (TPSA) is 61.4 Å². The second-order valence-corrected chi connectivity index (χ2v) is 7.51. The Morgan fingerprint density at radius 3 is 2.54 bits per heavy atom. The lowest BCUT2D eigenvalue weighted by atomic mass is 9.92. The predicted molar refractivity (Wildman–Crippen MR) is 111 cm³/mol. The Bertz CT molecular complexity index is 855. The van der Waals surface area contributed by atoms with Gasteiger partial charge in [-0.25, -0.2) is 0 Å². The van der Waals surface area contributed by atoms with Gasteiger partial charge in [0.05, 0.1) is 10.6 Å². The van der Waals surface area contributed by atoms with Gasteiger partial charge in [-0.1, -0.05) is 54.9 Å². The average Bonchev–Trinajstić information content (AvgIpc) is 2.71. The van der Waals surface area contributed by atoms with Crippen LogP contribution in [0.15, 0.2) is 48.5 Å². The summed E-state index contributed by atoms with van der Waals surface area (Å²) in [6.07, 6.45) is 0.494. The van der Waals surface area contributed by atoms with Crippen molar-refractivity contribution in [2.45, 2.75) is 38.9 Å². The Kier molecular flexibility index (Phi) is 6.70. The van der Waals surface area contributed by atoms with Gasteiger partial charge < -0.3 is 15.5 Å². The number of rotatable bonds is 6. The van der Waals surface area contributed by atoms with Crippen molar-refractivity contribution in [1.29, 1.82) is 0 Å². The third-order valence-corrected chi connectivity index (χ3v) is 5.38. The van der Waals surface area contributed by atoms with E-state index in [1.807, 2.05) is 38.1 Å². The fourth-order valence-corrected chi connectivity index (χ4v) is 3.77. The van der Waals surface area contributed by atoms with Crippen molar-refractivity contribution in [3.05, 3.63) is 70.2 Å². The summed E-state index contributed by atoms with van der Waals surface area (Å²) in [7, 11) is 0. The molecule has 5 nitrogen and oxygen atoms in total. The number of likely N-dealkylation sites (N-methyl/N-ethyl adjacent to an activating group) is 1. The summed E-state index contributed by atoms with van der Waals surface area (Å²) in [5, 5.41) is 6.66. The summed E-state index contributed by atoms with van der Waals surface area (Å²) < 4.78 is 0. The van der Waals surface area contributed by atoms with Gasteiger partial charge >= 0.3 is 0 Å². The van der Waals surface area contributed by atoms with Gasteiger partial charge in [0, 0.05) is 25.6 Å². The summed E-state index contributed by atoms with van der Waals surface area (Å²) in [4.78, 5) is 27.9. The number of carbonyl (C=O) groups is 2. The van der Waals surface area contributed by atoms with E-state index in [1.165, 1.54) is 0 Å². The summed E-state index contributed by atoms with van der Waals surface area (Å²) >= 11 is 6.25. The van der Waals surface area contributed by atoms with Gasteiger partial charge in [0.25, 0.3) is 5.91 Å². The van der Waals surface area contributed by atoms with Gasteiger partial charge in [-0.3, -0.25) is 9.59 Å². The minimum Gasteiger partial charge on any atom is -0.353 e. The molecule has 1 aliphatic heterocycles. The highest BCUT2D eigenvalue weighted by atomic mass is 35.5. The Labute approximate surface area is 171 Å². The maximum atomic E-state index is 13.2. The summed E-state index contributed by atoms with van der Waals surface area (Å²) in [6, 6.07) is 14.5. The van der Waals surface area contributed by atoms with E-state index in [0.29, 0.717) is 30.1 Å². The predicted octanol–water partition coefficient (Wildman–Crippen LogP) is 3.02. The minimum absolute atomic E-state index is 0.139. The number of fused-ring (bicyclic) bond motifs is 1. The first kappa shape index (κ1) is 20.4. The molecule has 2 aromatic carbocycles. The highest BCUT2D eigenvalue weighted by Crippen LogP contribution is 2.27. The number of hydrogen-bond acceptors (Lipinski definition) is 3. The molecule has 0 radical (unpaired) electrons. The summed E-state index contributed by atoms with van der Waals surface area (Å²) in [5.74, 6) is -0.361. The normalized spacial score (nSPS) is 17.0. The van der Waals surface area contributed by atoms with Crippen LogP contribution in [0, 0.1) is 0 Å². The third-order valence-electron chi connectivity index (χ3n) is 5.05. The largest absolute Gasteiger partial charge is 0.353 e. The van der Waals surface area contributed by atoms with Crippen molar-refractivity contribution in [2.24, 2.45) is 0 Å². The molecule has 0 bridgehead atoms. The Balaban J connectivity index is 1.85. The van der Waals surface area contributed by atoms with E-state index in [0.717, 1.165) is 17.7 Å². The fourth-order valence-electron chi connectivity index (χ4n) is 3.55. The highest BCUT2D eigenvalue weighted by Gasteiger charge is 2.35. The number of nitrogens with zero attached hydrogens (tertiary/aromatic N) is 1. The fraction of sp³-hybridized carbons (Fsp3) is 0.364. The molecular weight excluding hydrogens is 374 g/mol. The number of halogens is 1. The SMILES string of the molecule is CCN[C@H](C)CNC(=O)C1Cc2ccccc2CN1C(=O)c1ccccc1Cl. The van der Waals surface area contributed by atoms with Gasteiger partial charge in [0.2, 0.25) is 5.91 Å². The third kappa shape index (κ3) is 4.54. The number of nitrogens with one attached hydrogen (secondary N) is 2. The lowest BCUT2D eigenvalue weighted by Crippen LogP contribution is -2.54. The molecular formula is C22H26ClN3O2. The second-order valence-electron chi connectivity index (χ2n) is 7.11. The van der Waals surface area contributed by atoms with E-state index in [9.17, 15) is 9.59 Å². The number of carbonyl (C=O) groups excluding carboxylic acids is 2. The van der Waals surface area contributed by atoms with Crippen LogP contribution in [0.3, 0.4) is 0 Å². The van der Waals surface area contributed by atoms with Crippen LogP contribution in [0.5, 0.6) is 0 Å². The Morgan fingerprint density at radius 2 is 1.82 bits per heavy atom. The van der Waals surface area contributed by atoms with Gasteiger partial charge in [0.15, 0.2) is 0 Å². The molecule has 3 rings (SSSR count). The molecule has 6 heteroatoms. The van der Waals surface area contributed by atoms with Crippen molar-refractivity contribution >= 4 is 23.4 Å². The van der Waals surface area contributed by atoms with Gasteiger partial charge in [-0.15, -0.1) is 0 Å². The first-order valence-electron chi connectivity index (χ1n) is 9.64. The van der Waals surface area contributed by atoms with Crippen LogP contribution in [0.2, 0.25) is 5.02 Å². The van der Waals surface area contributed by atoms with Crippen molar-refractivity contribution in [3.8, 4) is 0 Å². The summed E-state index contributed by atoms with van der Waals surface area (Å²) in [5.41, 5.74) is 2.58. The maximum Gasteiger partial charge on any atom is 0.256 e. The van der Waals surface area contributed by atoms with Crippen LogP contribution < -0.4 is 10.6 Å². The van der Waals surface area contributed by atoms with Gasteiger partial charge in [-0.2, -0.15) is 0 Å². The van der Waals surface area contributed by atoms with Gasteiger partial charge in [0.1, 0.15) is 6.04 Å². The zero-order chi connectivity index (χ0) is 20.1. The van der Waals surface area contributed by atoms with Crippen LogP contribution in [-0.4, -0.2) is 41.9 Å². The van der Waals surface area contributed by atoms with Crippen LogP contribution in [-0.2, 0) is 17.8 Å². The molecule has 28 heavy (non-hydrogen) atoms. The highest BCUT2D eigenvalue weighted by molar-refractivity contribution is 6.33. The molecule has 1 aliphatic rings. The molecule has 1 unspecified atom stereocenters. The first-order valence-corrected chi connectivity index (χ1v) is 10.0. The zero-order valence-corrected chi connectivity index (χ0v) is 17.0. The molecule has 1 heterocycles. The minimum atomic E-state index is -0.563. The van der Waals surface area contributed by atoms with Crippen molar-refractivity contribution < 1.29 is 9.59 Å². The van der Waals surface area contributed by atoms with Crippen molar-refractivity contribution in [1.82, 2.24) is 15.5 Å². The maximum absolute atomic E-state index is 13.2. The second kappa shape index (κ2) is 9.22. The molecule has 0 aliphatic carbocycles. The monoisotopic (exact) mass is 399 g/mol. The van der Waals surface area contributed by atoms with Crippen LogP contribution >= 0.6 is 11.6 Å². The smallest absolute Gasteiger partial charge is 0.256 e. The molecule has 0 fully saturated rings. The molecule has 0 saturated carbocycles. The molecule has 0 spiro atoms. The summed E-state index contributed by atoms with van der Waals surface area (Å²) in [6.45, 7) is 5.79. The standard InChI is InChI=1S/C22H26ClN3O2/c1-3-24-15(2)13-25-21(27)20-12-16-8-4-5-9-17(16)14-26(20)22(28)18-10-6-7-11-19(18)23/h4-11,15,20,24H,3,12-14H2,1-2H3,(H,25,27)/t15-,20?/m1/s1. The number of hydrogen-bond donors (Lipinski definition) is 2. The molecule has 2 atom stereocenters. The van der Waals surface area contributed by atoms with E-state index < -0.39 is 6.04 Å². The first-order chi connectivity index (χ1) is 13.5. The Morgan fingerprint density at radius 1 is 1.14 bits per heavy atom. The average molecular weight is 400 g/mol.